The molecule has 3 aromatic rings. The summed E-state index contributed by atoms with van der Waals surface area (Å²) in [6, 6.07) is 10.3. The second kappa shape index (κ2) is 10.5. The molecule has 0 aliphatic carbocycles. The number of aromatic amines is 1. The maximum atomic E-state index is 13.7. The number of rotatable bonds is 9. The van der Waals surface area contributed by atoms with Crippen LogP contribution >= 0.6 is 0 Å². The highest BCUT2D eigenvalue weighted by Gasteiger charge is 2.27. The van der Waals surface area contributed by atoms with Crippen molar-refractivity contribution in [3.05, 3.63) is 80.4 Å². The molecule has 0 radical (unpaired) electrons. The molecule has 0 atom stereocenters. The Hall–Kier alpha value is -4.08. The van der Waals surface area contributed by atoms with E-state index in [0.717, 1.165) is 18.4 Å². The van der Waals surface area contributed by atoms with Crippen LogP contribution in [0.25, 0.3) is 0 Å². The first-order valence-corrected chi connectivity index (χ1v) is 11.7. The van der Waals surface area contributed by atoms with Crippen LogP contribution in [0, 0.1) is 0 Å². The van der Waals surface area contributed by atoms with E-state index in [1.54, 1.807) is 35.2 Å². The van der Waals surface area contributed by atoms with Crippen molar-refractivity contribution < 1.29 is 14.0 Å². The Morgan fingerprint density at radius 1 is 1.20 bits per heavy atom. The van der Waals surface area contributed by atoms with Crippen LogP contribution in [0.15, 0.2) is 56.7 Å². The van der Waals surface area contributed by atoms with E-state index in [1.165, 1.54) is 15.7 Å². The number of nitrogens with zero attached hydrogens (tertiary/aromatic N) is 3. The molecule has 10 nitrogen and oxygen atoms in total. The van der Waals surface area contributed by atoms with Crippen molar-refractivity contribution in [2.24, 2.45) is 0 Å². The highest BCUT2D eigenvalue weighted by molar-refractivity contribution is 6.07. The van der Waals surface area contributed by atoms with Crippen molar-refractivity contribution in [2.45, 2.75) is 52.2 Å². The predicted octanol–water partition coefficient (Wildman–Crippen LogP) is 2.48. The molecule has 1 aliphatic heterocycles. The molecular weight excluding hydrogens is 450 g/mol. The van der Waals surface area contributed by atoms with Crippen molar-refractivity contribution >= 4 is 23.3 Å². The first kappa shape index (κ1) is 24.1. The molecule has 0 saturated carbocycles. The summed E-state index contributed by atoms with van der Waals surface area (Å²) in [5.41, 5.74) is 5.95. The molecule has 4 rings (SSSR count). The highest BCUT2D eigenvalue weighted by atomic mass is 16.3. The van der Waals surface area contributed by atoms with Crippen LogP contribution < -0.4 is 21.9 Å². The van der Waals surface area contributed by atoms with Crippen LogP contribution in [0.2, 0.25) is 0 Å². The van der Waals surface area contributed by atoms with Crippen molar-refractivity contribution in [3.8, 4) is 0 Å². The maximum absolute atomic E-state index is 13.7. The SMILES string of the molecule is CCCCn1c(N)c(N(Cc2ccco2)C(=O)c2cccc(CN3CCCC3=O)c2)c(=O)[nH]c1=O. The number of H-pyrrole nitrogens is 1. The Morgan fingerprint density at radius 2 is 2.03 bits per heavy atom. The fourth-order valence-corrected chi connectivity index (χ4v) is 4.24. The summed E-state index contributed by atoms with van der Waals surface area (Å²) in [6.45, 7) is 3.33. The summed E-state index contributed by atoms with van der Waals surface area (Å²) in [7, 11) is 0. The molecule has 0 spiro atoms. The fraction of sp³-hybridized carbons (Fsp3) is 0.360. The molecule has 1 saturated heterocycles. The van der Waals surface area contributed by atoms with Crippen LogP contribution in [-0.2, 0) is 24.4 Å². The quantitative estimate of drug-likeness (QED) is 0.484. The second-order valence-corrected chi connectivity index (χ2v) is 8.59. The highest BCUT2D eigenvalue weighted by Crippen LogP contribution is 2.23. The van der Waals surface area contributed by atoms with Gasteiger partial charge in [0.2, 0.25) is 5.91 Å². The molecule has 0 unspecified atom stereocenters. The molecule has 3 N–H and O–H groups in total. The summed E-state index contributed by atoms with van der Waals surface area (Å²) in [5.74, 6) is -0.0168. The van der Waals surface area contributed by atoms with Crippen LogP contribution in [0.1, 0.15) is 54.3 Å². The van der Waals surface area contributed by atoms with Gasteiger partial charge < -0.3 is 15.1 Å². The van der Waals surface area contributed by atoms with Crippen LogP contribution in [0.3, 0.4) is 0 Å². The zero-order chi connectivity index (χ0) is 24.9. The molecule has 2 amide bonds. The van der Waals surface area contributed by atoms with E-state index in [0.29, 0.717) is 43.8 Å². The molecule has 1 aromatic carbocycles. The lowest BCUT2D eigenvalue weighted by Crippen LogP contribution is -2.41. The monoisotopic (exact) mass is 479 g/mol. The number of benzene rings is 1. The Balaban J connectivity index is 1.74. The number of hydrogen-bond donors (Lipinski definition) is 2. The summed E-state index contributed by atoms with van der Waals surface area (Å²) in [5, 5.41) is 0. The van der Waals surface area contributed by atoms with Gasteiger partial charge in [0.25, 0.3) is 11.5 Å². The van der Waals surface area contributed by atoms with Gasteiger partial charge >= 0.3 is 5.69 Å². The Kier molecular flexibility index (Phi) is 7.19. The zero-order valence-electron chi connectivity index (χ0n) is 19.7. The van der Waals surface area contributed by atoms with E-state index >= 15 is 0 Å². The number of nitrogen functional groups attached to an aromatic ring is 1. The number of anilines is 2. The first-order valence-electron chi connectivity index (χ1n) is 11.7. The number of hydrogen-bond acceptors (Lipinski definition) is 6. The number of nitrogens with one attached hydrogen (secondary N) is 1. The summed E-state index contributed by atoms with van der Waals surface area (Å²) >= 11 is 0. The van der Waals surface area contributed by atoms with Crippen LogP contribution in [0.5, 0.6) is 0 Å². The van der Waals surface area contributed by atoms with Gasteiger partial charge in [0.05, 0.1) is 12.8 Å². The minimum absolute atomic E-state index is 0.0556. The van der Waals surface area contributed by atoms with E-state index in [4.69, 9.17) is 10.2 Å². The first-order chi connectivity index (χ1) is 16.9. The number of unbranched alkanes of at least 4 members (excludes halogenated alkanes) is 1. The minimum atomic E-state index is -0.751. The number of carbonyl (C=O) groups excluding carboxylic acids is 2. The van der Waals surface area contributed by atoms with Gasteiger partial charge in [0.1, 0.15) is 11.6 Å². The van der Waals surface area contributed by atoms with Gasteiger partial charge in [0.15, 0.2) is 5.69 Å². The standard InChI is InChI=1S/C25H29N5O5/c1-2-3-12-29-22(26)21(23(32)27-25(29)34)30(16-19-9-6-13-35-19)24(33)18-8-4-7-17(14-18)15-28-11-5-10-20(28)31/h4,6-9,13-14H,2-3,5,10-12,15-16,26H2,1H3,(H,27,32,34). The Labute approximate surface area is 202 Å². The lowest BCUT2D eigenvalue weighted by Gasteiger charge is -2.24. The molecule has 1 aliphatic rings. The number of amides is 2. The molecular formula is C25H29N5O5. The average molecular weight is 480 g/mol. The van der Waals surface area contributed by atoms with Crippen LogP contribution in [0.4, 0.5) is 11.5 Å². The third-order valence-electron chi connectivity index (χ3n) is 6.08. The predicted molar refractivity (Wildman–Crippen MR) is 131 cm³/mol. The topological polar surface area (TPSA) is 135 Å². The van der Waals surface area contributed by atoms with Crippen molar-refractivity contribution in [1.82, 2.24) is 14.5 Å². The Bertz CT molecular complexity index is 1320. The van der Waals surface area contributed by atoms with Gasteiger partial charge in [0, 0.05) is 31.6 Å². The molecule has 0 bridgehead atoms. The van der Waals surface area contributed by atoms with Gasteiger partial charge in [-0.1, -0.05) is 25.5 Å². The zero-order valence-corrected chi connectivity index (χ0v) is 19.7. The number of likely N-dealkylation sites (tertiary alicyclic amines) is 1. The average Bonchev–Trinajstić information content (AvgIpc) is 3.50. The van der Waals surface area contributed by atoms with Gasteiger partial charge in [-0.3, -0.25) is 28.8 Å². The van der Waals surface area contributed by atoms with E-state index < -0.39 is 17.2 Å². The minimum Gasteiger partial charge on any atom is -0.467 e. The Morgan fingerprint density at radius 3 is 2.71 bits per heavy atom. The third-order valence-corrected chi connectivity index (χ3v) is 6.08. The summed E-state index contributed by atoms with van der Waals surface area (Å²) in [6.07, 6.45) is 4.33. The molecule has 35 heavy (non-hydrogen) atoms. The van der Waals surface area contributed by atoms with Crippen LogP contribution in [-0.4, -0.2) is 32.8 Å². The summed E-state index contributed by atoms with van der Waals surface area (Å²) in [4.78, 5) is 56.4. The number of nitrogens with two attached hydrogens (primary N) is 1. The lowest BCUT2D eigenvalue weighted by molar-refractivity contribution is -0.128. The number of aromatic nitrogens is 2. The molecule has 184 valence electrons. The fourth-order valence-electron chi connectivity index (χ4n) is 4.24. The molecule has 1 fully saturated rings. The van der Waals surface area contributed by atoms with Gasteiger partial charge in [-0.25, -0.2) is 4.79 Å². The van der Waals surface area contributed by atoms with Crippen molar-refractivity contribution in [2.75, 3.05) is 17.2 Å². The van der Waals surface area contributed by atoms with Gasteiger partial charge in [-0.15, -0.1) is 0 Å². The normalized spacial score (nSPS) is 13.4. The van der Waals surface area contributed by atoms with E-state index in [9.17, 15) is 19.2 Å². The van der Waals surface area contributed by atoms with E-state index in [2.05, 4.69) is 4.98 Å². The van der Waals surface area contributed by atoms with Crippen molar-refractivity contribution in [1.29, 1.82) is 0 Å². The second-order valence-electron chi connectivity index (χ2n) is 8.59. The van der Waals surface area contributed by atoms with Crippen molar-refractivity contribution in [3.63, 3.8) is 0 Å². The van der Waals surface area contributed by atoms with Gasteiger partial charge in [-0.05, 0) is 42.7 Å². The molecule has 2 aromatic heterocycles. The third kappa shape index (κ3) is 5.21. The largest absolute Gasteiger partial charge is 0.467 e. The smallest absolute Gasteiger partial charge is 0.330 e. The van der Waals surface area contributed by atoms with Gasteiger partial charge in [-0.2, -0.15) is 0 Å². The number of furan rings is 1. The molecule has 10 heteroatoms. The van der Waals surface area contributed by atoms with E-state index in [-0.39, 0.29) is 24.0 Å². The lowest BCUT2D eigenvalue weighted by atomic mass is 10.1. The summed E-state index contributed by atoms with van der Waals surface area (Å²) < 4.78 is 6.71. The maximum Gasteiger partial charge on any atom is 0.330 e. The number of carbonyl (C=O) groups is 2. The molecule has 3 heterocycles. The van der Waals surface area contributed by atoms with E-state index in [1.807, 2.05) is 13.0 Å².